The van der Waals surface area contributed by atoms with Crippen molar-refractivity contribution in [3.8, 4) is 5.75 Å². The van der Waals surface area contributed by atoms with Gasteiger partial charge in [0.2, 0.25) is 11.8 Å². The van der Waals surface area contributed by atoms with Crippen LogP contribution >= 0.6 is 0 Å². The van der Waals surface area contributed by atoms with Crippen molar-refractivity contribution >= 4 is 17.9 Å². The van der Waals surface area contributed by atoms with Crippen molar-refractivity contribution in [3.63, 3.8) is 0 Å². The molecule has 6 heteroatoms. The minimum atomic E-state index is -0.632. The molecule has 1 aromatic carbocycles. The molecule has 1 rings (SSSR count). The van der Waals surface area contributed by atoms with Gasteiger partial charge >= 0.3 is 0 Å². The van der Waals surface area contributed by atoms with Crippen LogP contribution in [0.3, 0.4) is 0 Å². The highest BCUT2D eigenvalue weighted by molar-refractivity contribution is 5.94. The average Bonchev–Trinajstić information content (AvgIpc) is 2.34. The summed E-state index contributed by atoms with van der Waals surface area (Å²) in [5.41, 5.74) is 5.36. The molecular formula is C12H13FN2O3. The Balaban J connectivity index is 2.64. The van der Waals surface area contributed by atoms with Crippen LogP contribution in [0.25, 0.3) is 6.08 Å². The number of benzene rings is 1. The molecule has 0 aliphatic rings. The number of carbonyl (C=O) groups excluding carboxylic acids is 2. The van der Waals surface area contributed by atoms with E-state index < -0.39 is 17.6 Å². The fourth-order valence-corrected chi connectivity index (χ4v) is 1.19. The summed E-state index contributed by atoms with van der Waals surface area (Å²) in [7, 11) is 1.37. The van der Waals surface area contributed by atoms with Crippen LogP contribution in [0.5, 0.6) is 5.75 Å². The summed E-state index contributed by atoms with van der Waals surface area (Å²) in [5.74, 6) is -1.50. The predicted molar refractivity (Wildman–Crippen MR) is 64.2 cm³/mol. The van der Waals surface area contributed by atoms with Gasteiger partial charge in [-0.1, -0.05) is 6.07 Å². The number of nitrogens with one attached hydrogen (secondary N) is 1. The van der Waals surface area contributed by atoms with Gasteiger partial charge in [0.05, 0.1) is 13.7 Å². The van der Waals surface area contributed by atoms with E-state index in [0.29, 0.717) is 5.56 Å². The van der Waals surface area contributed by atoms with Crippen molar-refractivity contribution in [1.29, 1.82) is 0 Å². The van der Waals surface area contributed by atoms with E-state index in [1.807, 2.05) is 0 Å². The predicted octanol–water partition coefficient (Wildman–Crippen LogP) is 0.449. The summed E-state index contributed by atoms with van der Waals surface area (Å²) in [5, 5.41) is 2.27. The summed E-state index contributed by atoms with van der Waals surface area (Å²) in [6, 6.07) is 4.28. The largest absolute Gasteiger partial charge is 0.494 e. The van der Waals surface area contributed by atoms with Gasteiger partial charge in [-0.3, -0.25) is 9.59 Å². The molecule has 0 spiro atoms. The van der Waals surface area contributed by atoms with E-state index in [0.717, 1.165) is 0 Å². The topological polar surface area (TPSA) is 81.4 Å². The monoisotopic (exact) mass is 252 g/mol. The van der Waals surface area contributed by atoms with Gasteiger partial charge in [0.15, 0.2) is 11.6 Å². The molecule has 0 fully saturated rings. The second-order valence-electron chi connectivity index (χ2n) is 3.41. The molecule has 0 unspecified atom stereocenters. The minimum absolute atomic E-state index is 0.130. The number of primary amides is 1. The third-order valence-electron chi connectivity index (χ3n) is 2.04. The molecule has 5 nitrogen and oxygen atoms in total. The zero-order chi connectivity index (χ0) is 13.5. The molecule has 0 saturated heterocycles. The molecule has 3 N–H and O–H groups in total. The number of halogens is 1. The second-order valence-corrected chi connectivity index (χ2v) is 3.41. The van der Waals surface area contributed by atoms with Crippen LogP contribution in [0.15, 0.2) is 24.3 Å². The van der Waals surface area contributed by atoms with Crippen LogP contribution in [0.1, 0.15) is 5.56 Å². The van der Waals surface area contributed by atoms with Gasteiger partial charge in [0, 0.05) is 6.08 Å². The van der Waals surface area contributed by atoms with Gasteiger partial charge in [-0.15, -0.1) is 0 Å². The quantitative estimate of drug-likeness (QED) is 0.746. The highest BCUT2D eigenvalue weighted by atomic mass is 19.1. The van der Waals surface area contributed by atoms with E-state index in [2.05, 4.69) is 5.32 Å². The lowest BCUT2D eigenvalue weighted by molar-refractivity contribution is -0.122. The van der Waals surface area contributed by atoms with E-state index in [1.165, 1.54) is 31.4 Å². The fraction of sp³-hybridized carbons (Fsp3) is 0.167. The SMILES string of the molecule is COc1ccc(C=CC(=O)NCC(N)=O)cc1F. The Kier molecular flexibility index (Phi) is 4.86. The Morgan fingerprint density at radius 1 is 1.50 bits per heavy atom. The maximum Gasteiger partial charge on any atom is 0.244 e. The first-order valence-electron chi connectivity index (χ1n) is 5.10. The zero-order valence-corrected chi connectivity index (χ0v) is 9.77. The molecule has 0 bridgehead atoms. The maximum atomic E-state index is 13.3. The zero-order valence-electron chi connectivity index (χ0n) is 9.77. The lowest BCUT2D eigenvalue weighted by Crippen LogP contribution is -2.32. The summed E-state index contributed by atoms with van der Waals surface area (Å²) in [6.45, 7) is -0.236. The number of rotatable bonds is 5. The highest BCUT2D eigenvalue weighted by Gasteiger charge is 2.02. The van der Waals surface area contributed by atoms with Crippen LogP contribution in [0, 0.1) is 5.82 Å². The van der Waals surface area contributed by atoms with Crippen molar-refractivity contribution in [2.75, 3.05) is 13.7 Å². The molecule has 96 valence electrons. The molecule has 0 aliphatic carbocycles. The number of ether oxygens (including phenoxy) is 1. The second kappa shape index (κ2) is 6.39. The summed E-state index contributed by atoms with van der Waals surface area (Å²) in [4.78, 5) is 21.6. The summed E-state index contributed by atoms with van der Waals surface area (Å²) >= 11 is 0. The van der Waals surface area contributed by atoms with Crippen molar-refractivity contribution < 1.29 is 18.7 Å². The van der Waals surface area contributed by atoms with Crippen molar-refractivity contribution in [3.05, 3.63) is 35.7 Å². The number of nitrogens with two attached hydrogens (primary N) is 1. The molecule has 1 aromatic rings. The molecule has 18 heavy (non-hydrogen) atoms. The Bertz CT molecular complexity index is 486. The van der Waals surface area contributed by atoms with Gasteiger partial charge in [0.25, 0.3) is 0 Å². The van der Waals surface area contributed by atoms with E-state index in [1.54, 1.807) is 6.07 Å². The van der Waals surface area contributed by atoms with Gasteiger partial charge in [-0.2, -0.15) is 0 Å². The molecule has 0 aromatic heterocycles. The highest BCUT2D eigenvalue weighted by Crippen LogP contribution is 2.18. The van der Waals surface area contributed by atoms with Gasteiger partial charge in [-0.05, 0) is 23.8 Å². The van der Waals surface area contributed by atoms with Gasteiger partial charge in [-0.25, -0.2) is 4.39 Å². The van der Waals surface area contributed by atoms with Crippen LogP contribution < -0.4 is 15.8 Å². The van der Waals surface area contributed by atoms with Crippen LogP contribution in [0.4, 0.5) is 4.39 Å². The van der Waals surface area contributed by atoms with Gasteiger partial charge in [0.1, 0.15) is 0 Å². The van der Waals surface area contributed by atoms with E-state index in [9.17, 15) is 14.0 Å². The minimum Gasteiger partial charge on any atom is -0.494 e. The van der Waals surface area contributed by atoms with Crippen molar-refractivity contribution in [2.24, 2.45) is 5.73 Å². The third-order valence-corrected chi connectivity index (χ3v) is 2.04. The van der Waals surface area contributed by atoms with Crippen LogP contribution in [-0.2, 0) is 9.59 Å². The number of carbonyl (C=O) groups is 2. The third kappa shape index (κ3) is 4.25. The lowest BCUT2D eigenvalue weighted by Gasteiger charge is -2.02. The molecule has 0 atom stereocenters. The normalized spacial score (nSPS) is 10.3. The van der Waals surface area contributed by atoms with Crippen LogP contribution in [0.2, 0.25) is 0 Å². The summed E-state index contributed by atoms with van der Waals surface area (Å²) in [6.07, 6.45) is 2.60. The molecular weight excluding hydrogens is 239 g/mol. The van der Waals surface area contributed by atoms with Crippen molar-refractivity contribution in [1.82, 2.24) is 5.32 Å². The van der Waals surface area contributed by atoms with E-state index in [4.69, 9.17) is 10.5 Å². The lowest BCUT2D eigenvalue weighted by atomic mass is 10.2. The molecule has 0 aliphatic heterocycles. The van der Waals surface area contributed by atoms with Crippen LogP contribution in [-0.4, -0.2) is 25.5 Å². The maximum absolute atomic E-state index is 13.3. The number of methoxy groups -OCH3 is 1. The smallest absolute Gasteiger partial charge is 0.244 e. The van der Waals surface area contributed by atoms with Crippen molar-refractivity contribution in [2.45, 2.75) is 0 Å². The summed E-state index contributed by atoms with van der Waals surface area (Å²) < 4.78 is 18.1. The Morgan fingerprint density at radius 2 is 2.22 bits per heavy atom. The first-order chi connectivity index (χ1) is 8.52. The standard InChI is InChI=1S/C12H13FN2O3/c1-18-10-4-2-8(6-9(10)13)3-5-12(17)15-7-11(14)16/h2-6H,7H2,1H3,(H2,14,16)(H,15,17). The molecule has 0 heterocycles. The Labute approximate surface area is 103 Å². The number of hydrogen-bond acceptors (Lipinski definition) is 3. The fourth-order valence-electron chi connectivity index (χ4n) is 1.19. The first-order valence-corrected chi connectivity index (χ1v) is 5.10. The average molecular weight is 252 g/mol. The first kappa shape index (κ1) is 13.7. The molecule has 0 radical (unpaired) electrons. The van der Waals surface area contributed by atoms with E-state index >= 15 is 0 Å². The number of amides is 2. The number of hydrogen-bond donors (Lipinski definition) is 2. The van der Waals surface area contributed by atoms with E-state index in [-0.39, 0.29) is 12.3 Å². The molecule has 0 saturated carbocycles. The molecule has 2 amide bonds. The van der Waals surface area contributed by atoms with Gasteiger partial charge < -0.3 is 15.8 Å². The Morgan fingerprint density at radius 3 is 2.78 bits per heavy atom. The Hall–Kier alpha value is -2.37.